The van der Waals surface area contributed by atoms with E-state index in [9.17, 15) is 9.18 Å². The van der Waals surface area contributed by atoms with Gasteiger partial charge in [-0.25, -0.2) is 4.39 Å². The average Bonchev–Trinajstić information content (AvgIpc) is 2.94. The molecule has 6 nitrogen and oxygen atoms in total. The highest BCUT2D eigenvalue weighted by Crippen LogP contribution is 2.11. The number of rotatable bonds is 8. The summed E-state index contributed by atoms with van der Waals surface area (Å²) in [6.45, 7) is 2.28. The van der Waals surface area contributed by atoms with Crippen molar-refractivity contribution in [3.05, 3.63) is 48.0 Å². The second-order valence-corrected chi connectivity index (χ2v) is 5.38. The molecule has 0 fully saturated rings. The van der Waals surface area contributed by atoms with Gasteiger partial charge < -0.3 is 15.7 Å². The Balaban J connectivity index is 1.83. The van der Waals surface area contributed by atoms with Gasteiger partial charge in [0.2, 0.25) is 5.91 Å². The molecule has 0 saturated carbocycles. The molecule has 0 radical (unpaired) electrons. The molecule has 2 rings (SSSR count). The van der Waals surface area contributed by atoms with E-state index in [1.165, 1.54) is 16.8 Å². The van der Waals surface area contributed by atoms with Gasteiger partial charge in [-0.1, -0.05) is 12.1 Å². The van der Waals surface area contributed by atoms with Crippen LogP contribution in [0.4, 0.5) is 10.1 Å². The van der Waals surface area contributed by atoms with Crippen LogP contribution in [-0.4, -0.2) is 40.0 Å². The number of carbonyl (C=O) groups excluding carboxylic acids is 1. The number of anilines is 1. The van der Waals surface area contributed by atoms with Gasteiger partial charge in [-0.05, 0) is 31.0 Å². The second kappa shape index (κ2) is 8.28. The zero-order valence-electron chi connectivity index (χ0n) is 13.0. The van der Waals surface area contributed by atoms with Crippen molar-refractivity contribution in [1.29, 1.82) is 0 Å². The molecule has 1 aromatic heterocycles. The highest BCUT2D eigenvalue weighted by atomic mass is 19.1. The molecule has 1 aromatic carbocycles. The topological polar surface area (TPSA) is 79.2 Å². The monoisotopic (exact) mass is 320 g/mol. The van der Waals surface area contributed by atoms with Crippen molar-refractivity contribution in [3.8, 4) is 0 Å². The van der Waals surface area contributed by atoms with Gasteiger partial charge in [-0.3, -0.25) is 9.48 Å². The summed E-state index contributed by atoms with van der Waals surface area (Å²) in [5.74, 6) is -0.442. The van der Waals surface area contributed by atoms with Gasteiger partial charge in [0.1, 0.15) is 12.4 Å². The number of aliphatic hydroxyl groups is 1. The number of benzene rings is 1. The molecule has 2 aromatic rings. The van der Waals surface area contributed by atoms with Crippen LogP contribution in [0.15, 0.2) is 36.7 Å². The smallest absolute Gasteiger partial charge is 0.241 e. The van der Waals surface area contributed by atoms with E-state index in [0.717, 1.165) is 17.7 Å². The first-order chi connectivity index (χ1) is 11.1. The van der Waals surface area contributed by atoms with Crippen LogP contribution < -0.4 is 10.6 Å². The summed E-state index contributed by atoms with van der Waals surface area (Å²) in [4.78, 5) is 11.5. The molecule has 0 spiro atoms. The van der Waals surface area contributed by atoms with Crippen molar-refractivity contribution in [2.75, 3.05) is 18.5 Å². The standard InChI is InChI=1S/C16H21FN4O2/c1-12(8-13-2-4-14(17)5-3-13)20-15-9-19-21(10-15)11-16(23)18-6-7-22/h2-5,9-10,12,20,22H,6-8,11H2,1H3,(H,18,23). The summed E-state index contributed by atoms with van der Waals surface area (Å²) in [5, 5.41) is 18.6. The summed E-state index contributed by atoms with van der Waals surface area (Å²) in [7, 11) is 0. The molecule has 0 aliphatic carbocycles. The van der Waals surface area contributed by atoms with E-state index in [0.29, 0.717) is 0 Å². The summed E-state index contributed by atoms with van der Waals surface area (Å²) >= 11 is 0. The highest BCUT2D eigenvalue weighted by Gasteiger charge is 2.07. The molecule has 0 aliphatic rings. The van der Waals surface area contributed by atoms with Crippen LogP contribution >= 0.6 is 0 Å². The van der Waals surface area contributed by atoms with Crippen molar-refractivity contribution in [3.63, 3.8) is 0 Å². The molecule has 0 aliphatic heterocycles. The minimum absolute atomic E-state index is 0.0848. The SMILES string of the molecule is CC(Cc1ccc(F)cc1)Nc1cnn(CC(=O)NCCO)c1. The van der Waals surface area contributed by atoms with Crippen molar-refractivity contribution in [2.24, 2.45) is 0 Å². The minimum atomic E-state index is -0.241. The first-order valence-corrected chi connectivity index (χ1v) is 7.48. The van der Waals surface area contributed by atoms with Crippen LogP contribution in [0.1, 0.15) is 12.5 Å². The average molecular weight is 320 g/mol. The molecular formula is C16H21FN4O2. The number of aliphatic hydroxyl groups excluding tert-OH is 1. The van der Waals surface area contributed by atoms with Gasteiger partial charge in [0.15, 0.2) is 0 Å². The minimum Gasteiger partial charge on any atom is -0.395 e. The largest absolute Gasteiger partial charge is 0.395 e. The highest BCUT2D eigenvalue weighted by molar-refractivity contribution is 5.75. The number of hydrogen-bond acceptors (Lipinski definition) is 4. The third-order valence-corrected chi connectivity index (χ3v) is 3.24. The van der Waals surface area contributed by atoms with E-state index >= 15 is 0 Å². The second-order valence-electron chi connectivity index (χ2n) is 5.38. The molecule has 0 bridgehead atoms. The number of nitrogens with zero attached hydrogens (tertiary/aromatic N) is 2. The predicted octanol–water partition coefficient (Wildman–Crippen LogP) is 1.17. The quantitative estimate of drug-likeness (QED) is 0.682. The first kappa shape index (κ1) is 17.0. The maximum Gasteiger partial charge on any atom is 0.241 e. The van der Waals surface area contributed by atoms with Gasteiger partial charge in [0, 0.05) is 18.8 Å². The van der Waals surface area contributed by atoms with Crippen LogP contribution in [0.3, 0.4) is 0 Å². The molecule has 23 heavy (non-hydrogen) atoms. The lowest BCUT2D eigenvalue weighted by Crippen LogP contribution is -2.30. The van der Waals surface area contributed by atoms with E-state index in [2.05, 4.69) is 15.7 Å². The Morgan fingerprint density at radius 1 is 1.39 bits per heavy atom. The molecule has 1 heterocycles. The maximum atomic E-state index is 12.9. The molecule has 0 saturated heterocycles. The fourth-order valence-electron chi connectivity index (χ4n) is 2.23. The van der Waals surface area contributed by atoms with Crippen LogP contribution in [-0.2, 0) is 17.8 Å². The van der Waals surface area contributed by atoms with Crippen molar-refractivity contribution >= 4 is 11.6 Å². The van der Waals surface area contributed by atoms with Crippen LogP contribution in [0.25, 0.3) is 0 Å². The zero-order chi connectivity index (χ0) is 16.7. The lowest BCUT2D eigenvalue weighted by molar-refractivity contribution is -0.122. The molecule has 7 heteroatoms. The normalized spacial score (nSPS) is 12.0. The molecule has 3 N–H and O–H groups in total. The summed E-state index contributed by atoms with van der Waals surface area (Å²) in [6.07, 6.45) is 4.16. The van der Waals surface area contributed by atoms with Gasteiger partial charge in [0.25, 0.3) is 0 Å². The Morgan fingerprint density at radius 2 is 2.13 bits per heavy atom. The van der Waals surface area contributed by atoms with E-state index < -0.39 is 0 Å². The fraction of sp³-hybridized carbons (Fsp3) is 0.375. The molecule has 1 unspecified atom stereocenters. The number of hydrogen-bond donors (Lipinski definition) is 3. The Labute approximate surface area is 134 Å². The predicted molar refractivity (Wildman–Crippen MR) is 85.5 cm³/mol. The molecule has 124 valence electrons. The number of amides is 1. The Kier molecular flexibility index (Phi) is 6.10. The third-order valence-electron chi connectivity index (χ3n) is 3.24. The lowest BCUT2D eigenvalue weighted by atomic mass is 10.1. The summed E-state index contributed by atoms with van der Waals surface area (Å²) in [6, 6.07) is 6.57. The van der Waals surface area contributed by atoms with Crippen LogP contribution in [0, 0.1) is 5.82 Å². The van der Waals surface area contributed by atoms with Gasteiger partial charge >= 0.3 is 0 Å². The maximum absolute atomic E-state index is 12.9. The number of carbonyl (C=O) groups is 1. The van der Waals surface area contributed by atoms with Gasteiger partial charge in [0.05, 0.1) is 18.5 Å². The van der Waals surface area contributed by atoms with E-state index in [1.54, 1.807) is 24.5 Å². The van der Waals surface area contributed by atoms with Crippen LogP contribution in [0.5, 0.6) is 0 Å². The Morgan fingerprint density at radius 3 is 2.83 bits per heavy atom. The van der Waals surface area contributed by atoms with Crippen molar-refractivity contribution in [1.82, 2.24) is 15.1 Å². The third kappa shape index (κ3) is 5.71. The number of nitrogens with one attached hydrogen (secondary N) is 2. The van der Waals surface area contributed by atoms with Gasteiger partial charge in [-0.2, -0.15) is 5.10 Å². The zero-order valence-corrected chi connectivity index (χ0v) is 13.0. The number of halogens is 1. The Bertz CT molecular complexity index is 627. The molecule has 1 amide bonds. The molecular weight excluding hydrogens is 299 g/mol. The lowest BCUT2D eigenvalue weighted by Gasteiger charge is -2.13. The van der Waals surface area contributed by atoms with E-state index in [-0.39, 0.29) is 37.5 Å². The Hall–Kier alpha value is -2.41. The van der Waals surface area contributed by atoms with Gasteiger partial charge in [-0.15, -0.1) is 0 Å². The van der Waals surface area contributed by atoms with Crippen molar-refractivity contribution < 1.29 is 14.3 Å². The molecule has 1 atom stereocenters. The van der Waals surface area contributed by atoms with Crippen molar-refractivity contribution in [2.45, 2.75) is 25.9 Å². The number of aromatic nitrogens is 2. The van der Waals surface area contributed by atoms with E-state index in [1.807, 2.05) is 6.92 Å². The van der Waals surface area contributed by atoms with Crippen LogP contribution in [0.2, 0.25) is 0 Å². The van der Waals surface area contributed by atoms with E-state index in [4.69, 9.17) is 5.11 Å². The fourth-order valence-corrected chi connectivity index (χ4v) is 2.23. The summed E-state index contributed by atoms with van der Waals surface area (Å²) in [5.41, 5.74) is 1.86. The first-order valence-electron chi connectivity index (χ1n) is 7.48. The summed E-state index contributed by atoms with van der Waals surface area (Å²) < 4.78 is 14.4.